The Bertz CT molecular complexity index is 1870. The maximum Gasteiger partial charge on any atom is 0.408 e. The average molecular weight is 784 g/mol. The number of nitrogens with one attached hydrogen (secondary N) is 3. The van der Waals surface area contributed by atoms with Gasteiger partial charge in [0.1, 0.15) is 53.1 Å². The summed E-state index contributed by atoms with van der Waals surface area (Å²) in [6.07, 6.45) is 1.67. The van der Waals surface area contributed by atoms with Crippen molar-refractivity contribution in [3.8, 4) is 22.9 Å². The Hall–Kier alpha value is -3.92. The lowest BCUT2D eigenvalue weighted by atomic mass is 9.85. The Morgan fingerprint density at radius 1 is 1.09 bits per heavy atom. The van der Waals surface area contributed by atoms with Gasteiger partial charge in [0.05, 0.1) is 37.0 Å². The van der Waals surface area contributed by atoms with Gasteiger partial charge in [0.15, 0.2) is 5.13 Å². The Morgan fingerprint density at radius 3 is 2.56 bits per heavy atom. The molecule has 2 saturated heterocycles. The van der Waals surface area contributed by atoms with Gasteiger partial charge in [0.2, 0.25) is 11.8 Å². The maximum atomic E-state index is 14.3. The second-order valence-corrected chi connectivity index (χ2v) is 17.5. The number of benzene rings is 1. The number of anilines is 1. The molecular formula is C38H50ClN7O7S. The number of ether oxygens (including phenoxy) is 4. The van der Waals surface area contributed by atoms with Gasteiger partial charge in [-0.15, -0.1) is 11.3 Å². The molecule has 2 saturated carbocycles. The van der Waals surface area contributed by atoms with Crippen LogP contribution in [0.4, 0.5) is 9.93 Å². The summed E-state index contributed by atoms with van der Waals surface area (Å²) in [5.74, 6) is 1.10. The standard InChI is InChI=1S/C38H50ClN7O7S/c1-19(2)42-36-44-27(18-54-36)26-14-30(25-6-7-29(31(39)32(25)43-26)51-17-22-16-50-9-8-41-22)52-24-13-28(34(40)47)46(15-24)35(48)33(38(3,4)5)45-37(49)53-23-11-20-10-21(20)12-23/h6-7,14,18-24,28,33,41H,8-13,15-17H2,1-5H3,(H2,40,47)(H,42,44)(H,45,49)/t20-,21+,22-,23+,24-,28+,33-/m1/s1. The number of nitrogens with two attached hydrogens (primary N) is 1. The number of primary amides is 1. The Balaban J connectivity index is 1.14. The number of aromatic nitrogens is 2. The van der Waals surface area contributed by atoms with Crippen LogP contribution in [0.2, 0.25) is 5.02 Å². The van der Waals surface area contributed by atoms with Crippen molar-refractivity contribution in [2.75, 3.05) is 38.2 Å². The summed E-state index contributed by atoms with van der Waals surface area (Å²) in [6.45, 7) is 12.0. The third-order valence-corrected chi connectivity index (χ3v) is 11.6. The number of morpholine rings is 1. The molecule has 2 aromatic heterocycles. The lowest BCUT2D eigenvalue weighted by Crippen LogP contribution is -2.57. The molecule has 7 atom stereocenters. The molecule has 2 aliphatic carbocycles. The first-order chi connectivity index (χ1) is 25.7. The molecule has 7 rings (SSSR count). The summed E-state index contributed by atoms with van der Waals surface area (Å²) in [4.78, 5) is 51.3. The third kappa shape index (κ3) is 8.64. The Morgan fingerprint density at radius 2 is 1.87 bits per heavy atom. The molecule has 14 nitrogen and oxygen atoms in total. The highest BCUT2D eigenvalue weighted by atomic mass is 35.5. The molecule has 4 fully saturated rings. The van der Waals surface area contributed by atoms with Crippen LogP contribution < -0.4 is 31.2 Å². The van der Waals surface area contributed by atoms with Crippen molar-refractivity contribution in [2.24, 2.45) is 23.0 Å². The minimum absolute atomic E-state index is 0.0216. The molecule has 5 N–H and O–H groups in total. The van der Waals surface area contributed by atoms with Gasteiger partial charge in [-0.3, -0.25) is 9.59 Å². The predicted molar refractivity (Wildman–Crippen MR) is 206 cm³/mol. The molecule has 16 heteroatoms. The minimum atomic E-state index is -0.971. The number of pyridine rings is 1. The smallest absolute Gasteiger partial charge is 0.408 e. The summed E-state index contributed by atoms with van der Waals surface area (Å²) in [7, 11) is 0. The molecule has 1 aromatic carbocycles. The number of nitrogens with zero attached hydrogens (tertiary/aromatic N) is 3. The molecule has 0 spiro atoms. The van der Waals surface area contributed by atoms with Gasteiger partial charge < -0.3 is 45.5 Å². The molecule has 0 radical (unpaired) electrons. The van der Waals surface area contributed by atoms with Crippen LogP contribution in [0.5, 0.6) is 11.5 Å². The Labute approximate surface area is 324 Å². The number of carbonyl (C=O) groups is 3. The van der Waals surface area contributed by atoms with Crippen molar-refractivity contribution < 1.29 is 33.3 Å². The number of alkyl carbamates (subject to hydrolysis) is 1. The van der Waals surface area contributed by atoms with E-state index >= 15 is 0 Å². The average Bonchev–Trinajstić information content (AvgIpc) is 3.45. The summed E-state index contributed by atoms with van der Waals surface area (Å²) in [5, 5.41) is 13.1. The van der Waals surface area contributed by atoms with Gasteiger partial charge >= 0.3 is 6.09 Å². The summed E-state index contributed by atoms with van der Waals surface area (Å²) in [5.41, 5.74) is 6.81. The van der Waals surface area contributed by atoms with E-state index in [1.54, 1.807) is 12.1 Å². The third-order valence-electron chi connectivity index (χ3n) is 10.5. The van der Waals surface area contributed by atoms with E-state index < -0.39 is 41.5 Å². The fourth-order valence-corrected chi connectivity index (χ4v) is 8.73. The molecule has 3 aromatic rings. The van der Waals surface area contributed by atoms with E-state index in [0.29, 0.717) is 70.5 Å². The molecule has 0 unspecified atom stereocenters. The van der Waals surface area contributed by atoms with Crippen molar-refractivity contribution in [2.45, 2.75) is 96.7 Å². The number of halogens is 1. The van der Waals surface area contributed by atoms with Gasteiger partial charge in [0, 0.05) is 35.8 Å². The molecular weight excluding hydrogens is 734 g/mol. The highest BCUT2D eigenvalue weighted by molar-refractivity contribution is 7.14. The van der Waals surface area contributed by atoms with E-state index in [4.69, 9.17) is 46.3 Å². The van der Waals surface area contributed by atoms with Gasteiger partial charge in [-0.2, -0.15) is 0 Å². The first-order valence-corrected chi connectivity index (χ1v) is 20.0. The van der Waals surface area contributed by atoms with Crippen molar-refractivity contribution in [3.63, 3.8) is 0 Å². The zero-order valence-electron chi connectivity index (χ0n) is 31.4. The highest BCUT2D eigenvalue weighted by Crippen LogP contribution is 2.52. The Kier molecular flexibility index (Phi) is 11.1. The zero-order valence-corrected chi connectivity index (χ0v) is 32.9. The van der Waals surface area contributed by atoms with E-state index in [9.17, 15) is 14.4 Å². The first kappa shape index (κ1) is 38.4. The van der Waals surface area contributed by atoms with Crippen molar-refractivity contribution >= 4 is 56.9 Å². The van der Waals surface area contributed by atoms with Gasteiger partial charge in [-0.25, -0.2) is 14.8 Å². The first-order valence-electron chi connectivity index (χ1n) is 18.8. The number of hydrogen-bond acceptors (Lipinski definition) is 12. The van der Waals surface area contributed by atoms with E-state index in [1.807, 2.05) is 46.1 Å². The fraction of sp³-hybridized carbons (Fsp3) is 0.605. The normalized spacial score (nSPS) is 25.6. The van der Waals surface area contributed by atoms with Crippen LogP contribution >= 0.6 is 22.9 Å². The second-order valence-electron chi connectivity index (χ2n) is 16.2. The van der Waals surface area contributed by atoms with Gasteiger partial charge in [-0.05, 0) is 62.5 Å². The minimum Gasteiger partial charge on any atom is -0.490 e. The summed E-state index contributed by atoms with van der Waals surface area (Å²) < 4.78 is 24.1. The number of fused-ring (bicyclic) bond motifs is 2. The van der Waals surface area contributed by atoms with E-state index in [0.717, 1.165) is 24.5 Å². The van der Waals surface area contributed by atoms with E-state index in [-0.39, 0.29) is 31.2 Å². The van der Waals surface area contributed by atoms with Crippen LogP contribution in [-0.2, 0) is 19.1 Å². The number of amides is 3. The number of rotatable bonds is 12. The van der Waals surface area contributed by atoms with Crippen LogP contribution in [-0.4, -0.2) is 102 Å². The van der Waals surface area contributed by atoms with E-state index in [1.165, 1.54) is 22.7 Å². The monoisotopic (exact) mass is 783 g/mol. The second kappa shape index (κ2) is 15.7. The lowest BCUT2D eigenvalue weighted by Gasteiger charge is -2.35. The molecule has 292 valence electrons. The SMILES string of the molecule is CC(C)Nc1nc(-c2cc(O[C@@H]3C[C@@H](C(N)=O)N(C(=O)[C@@H](NC(=O)O[C@@H]4C[C@@H]5C[C@@H]5C4)C(C)(C)C)C3)c3ccc(OC[C@H]4COCCN4)c(Cl)c3n2)cs1. The quantitative estimate of drug-likeness (QED) is 0.195. The molecule has 54 heavy (non-hydrogen) atoms. The van der Waals surface area contributed by atoms with Crippen LogP contribution in [0.25, 0.3) is 22.3 Å². The largest absolute Gasteiger partial charge is 0.490 e. The van der Waals surface area contributed by atoms with Crippen LogP contribution in [0.1, 0.15) is 60.3 Å². The number of carbonyl (C=O) groups excluding carboxylic acids is 3. The van der Waals surface area contributed by atoms with Gasteiger partial charge in [-0.1, -0.05) is 32.4 Å². The fourth-order valence-electron chi connectivity index (χ4n) is 7.62. The summed E-state index contributed by atoms with van der Waals surface area (Å²) >= 11 is 8.47. The number of likely N-dealkylation sites (tertiary alicyclic amines) is 1. The molecule has 2 aliphatic heterocycles. The number of thiazole rings is 1. The van der Waals surface area contributed by atoms with Crippen LogP contribution in [0.3, 0.4) is 0 Å². The molecule has 3 amide bonds. The number of hydrogen-bond donors (Lipinski definition) is 4. The highest BCUT2D eigenvalue weighted by Gasteiger charge is 2.48. The van der Waals surface area contributed by atoms with Gasteiger partial charge in [0.25, 0.3) is 0 Å². The molecule has 4 aliphatic rings. The topological polar surface area (TPSA) is 179 Å². The maximum absolute atomic E-state index is 14.3. The van der Waals surface area contributed by atoms with E-state index in [2.05, 4.69) is 16.0 Å². The lowest BCUT2D eigenvalue weighted by molar-refractivity contribution is -0.141. The molecule has 4 heterocycles. The van der Waals surface area contributed by atoms with Crippen molar-refractivity contribution in [1.29, 1.82) is 0 Å². The van der Waals surface area contributed by atoms with Crippen LogP contribution in [0.15, 0.2) is 23.6 Å². The van der Waals surface area contributed by atoms with Crippen molar-refractivity contribution in [3.05, 3.63) is 28.6 Å². The molecule has 0 bridgehead atoms. The zero-order chi connectivity index (χ0) is 38.3. The predicted octanol–water partition coefficient (Wildman–Crippen LogP) is 4.97. The van der Waals surface area contributed by atoms with Crippen molar-refractivity contribution in [1.82, 2.24) is 25.5 Å². The van der Waals surface area contributed by atoms with Crippen LogP contribution in [0, 0.1) is 17.3 Å². The summed E-state index contributed by atoms with van der Waals surface area (Å²) in [6, 6.07) is 3.69.